The van der Waals surface area contributed by atoms with E-state index in [2.05, 4.69) is 29.6 Å². The SMILES string of the molecule is NCCCC(=O)NC1CCCC1Cc1ccccc1. The molecule has 0 heterocycles. The predicted octanol–water partition coefficient (Wildman–Crippen LogP) is 2.25. The molecule has 0 radical (unpaired) electrons. The van der Waals surface area contributed by atoms with Crippen LogP contribution in [0, 0.1) is 5.92 Å². The Morgan fingerprint density at radius 1 is 1.26 bits per heavy atom. The van der Waals surface area contributed by atoms with Gasteiger partial charge in [-0.3, -0.25) is 4.79 Å². The molecule has 3 heteroatoms. The van der Waals surface area contributed by atoms with Gasteiger partial charge in [0.2, 0.25) is 5.91 Å². The predicted molar refractivity (Wildman–Crippen MR) is 77.7 cm³/mol. The maximum atomic E-state index is 11.8. The van der Waals surface area contributed by atoms with Gasteiger partial charge in [0.1, 0.15) is 0 Å². The van der Waals surface area contributed by atoms with Gasteiger partial charge in [-0.15, -0.1) is 0 Å². The van der Waals surface area contributed by atoms with E-state index in [9.17, 15) is 4.79 Å². The van der Waals surface area contributed by atoms with Gasteiger partial charge in [-0.1, -0.05) is 36.8 Å². The second-order valence-corrected chi connectivity index (χ2v) is 5.45. The Kier molecular flexibility index (Phi) is 5.40. The third-order valence-corrected chi connectivity index (χ3v) is 3.95. The molecule has 2 atom stereocenters. The minimum Gasteiger partial charge on any atom is -0.353 e. The van der Waals surface area contributed by atoms with E-state index < -0.39 is 0 Å². The molecule has 2 rings (SSSR count). The molecular formula is C16H24N2O. The van der Waals surface area contributed by atoms with Crippen LogP contribution in [0.25, 0.3) is 0 Å². The van der Waals surface area contributed by atoms with Crippen LogP contribution in [0.15, 0.2) is 30.3 Å². The third kappa shape index (κ3) is 4.35. The molecule has 0 spiro atoms. The average molecular weight is 260 g/mol. The molecule has 0 bridgehead atoms. The van der Waals surface area contributed by atoms with Crippen molar-refractivity contribution in [2.45, 2.75) is 44.6 Å². The van der Waals surface area contributed by atoms with E-state index in [4.69, 9.17) is 5.73 Å². The van der Waals surface area contributed by atoms with E-state index in [1.807, 2.05) is 6.07 Å². The van der Waals surface area contributed by atoms with Crippen LogP contribution in [0.4, 0.5) is 0 Å². The van der Waals surface area contributed by atoms with E-state index in [0.29, 0.717) is 24.9 Å². The second kappa shape index (κ2) is 7.29. The van der Waals surface area contributed by atoms with Crippen molar-refractivity contribution in [3.63, 3.8) is 0 Å². The topological polar surface area (TPSA) is 55.1 Å². The lowest BCUT2D eigenvalue weighted by atomic mass is 9.94. The van der Waals surface area contributed by atoms with Crippen LogP contribution >= 0.6 is 0 Å². The molecule has 0 saturated heterocycles. The summed E-state index contributed by atoms with van der Waals surface area (Å²) in [6.45, 7) is 0.589. The largest absolute Gasteiger partial charge is 0.353 e. The normalized spacial score (nSPS) is 22.4. The minimum absolute atomic E-state index is 0.162. The minimum atomic E-state index is 0.162. The van der Waals surface area contributed by atoms with Crippen molar-refractivity contribution in [3.8, 4) is 0 Å². The summed E-state index contributed by atoms with van der Waals surface area (Å²) in [6.07, 6.45) is 5.97. The van der Waals surface area contributed by atoms with E-state index in [1.54, 1.807) is 0 Å². The van der Waals surface area contributed by atoms with Gasteiger partial charge >= 0.3 is 0 Å². The van der Waals surface area contributed by atoms with E-state index >= 15 is 0 Å². The highest BCUT2D eigenvalue weighted by atomic mass is 16.1. The molecule has 2 unspecified atom stereocenters. The van der Waals surface area contributed by atoms with Crippen molar-refractivity contribution in [1.82, 2.24) is 5.32 Å². The second-order valence-electron chi connectivity index (χ2n) is 5.45. The number of carbonyl (C=O) groups is 1. The molecule has 3 N–H and O–H groups in total. The molecule has 1 aliphatic rings. The summed E-state index contributed by atoms with van der Waals surface area (Å²) in [5, 5.41) is 3.19. The molecule has 0 aliphatic heterocycles. The van der Waals surface area contributed by atoms with Crippen LogP contribution in [-0.2, 0) is 11.2 Å². The fourth-order valence-corrected chi connectivity index (χ4v) is 2.93. The van der Waals surface area contributed by atoms with Crippen LogP contribution in [0.5, 0.6) is 0 Å². The van der Waals surface area contributed by atoms with Gasteiger partial charge in [-0.25, -0.2) is 0 Å². The summed E-state index contributed by atoms with van der Waals surface area (Å²) in [5.41, 5.74) is 6.81. The molecular weight excluding hydrogens is 236 g/mol. The first-order chi connectivity index (χ1) is 9.29. The lowest BCUT2D eigenvalue weighted by molar-refractivity contribution is -0.122. The average Bonchev–Trinajstić information content (AvgIpc) is 2.85. The molecule has 1 saturated carbocycles. The Labute approximate surface area is 115 Å². The number of amides is 1. The maximum absolute atomic E-state index is 11.8. The number of carbonyl (C=O) groups excluding carboxylic acids is 1. The first kappa shape index (κ1) is 14.1. The summed E-state index contributed by atoms with van der Waals surface area (Å²) in [6, 6.07) is 10.9. The first-order valence-corrected chi connectivity index (χ1v) is 7.33. The van der Waals surface area contributed by atoms with Crippen LogP contribution < -0.4 is 11.1 Å². The molecule has 1 aliphatic carbocycles. The smallest absolute Gasteiger partial charge is 0.220 e. The number of hydrogen-bond acceptors (Lipinski definition) is 2. The van der Waals surface area contributed by atoms with Crippen LogP contribution in [0.2, 0.25) is 0 Å². The van der Waals surface area contributed by atoms with Crippen molar-refractivity contribution in [1.29, 1.82) is 0 Å². The van der Waals surface area contributed by atoms with Gasteiger partial charge in [0, 0.05) is 12.5 Å². The van der Waals surface area contributed by atoms with Gasteiger partial charge in [-0.05, 0) is 43.7 Å². The zero-order valence-corrected chi connectivity index (χ0v) is 11.5. The zero-order chi connectivity index (χ0) is 13.5. The van der Waals surface area contributed by atoms with Crippen molar-refractivity contribution >= 4 is 5.91 Å². The van der Waals surface area contributed by atoms with Gasteiger partial charge in [0.25, 0.3) is 0 Å². The van der Waals surface area contributed by atoms with Crippen molar-refractivity contribution < 1.29 is 4.79 Å². The van der Waals surface area contributed by atoms with Crippen molar-refractivity contribution in [2.75, 3.05) is 6.54 Å². The Morgan fingerprint density at radius 3 is 2.79 bits per heavy atom. The molecule has 1 fully saturated rings. The number of nitrogens with two attached hydrogens (primary N) is 1. The van der Waals surface area contributed by atoms with Crippen LogP contribution in [0.3, 0.4) is 0 Å². The molecule has 3 nitrogen and oxygen atoms in total. The molecule has 1 aromatic rings. The van der Waals surface area contributed by atoms with Crippen LogP contribution in [-0.4, -0.2) is 18.5 Å². The van der Waals surface area contributed by atoms with E-state index in [-0.39, 0.29) is 5.91 Å². The summed E-state index contributed by atoms with van der Waals surface area (Å²) in [7, 11) is 0. The molecule has 104 valence electrons. The summed E-state index contributed by atoms with van der Waals surface area (Å²) in [4.78, 5) is 11.8. The van der Waals surface area contributed by atoms with Gasteiger partial charge in [-0.2, -0.15) is 0 Å². The lowest BCUT2D eigenvalue weighted by Gasteiger charge is -2.21. The zero-order valence-electron chi connectivity index (χ0n) is 11.5. The number of hydrogen-bond donors (Lipinski definition) is 2. The van der Waals surface area contributed by atoms with Crippen LogP contribution in [0.1, 0.15) is 37.7 Å². The number of nitrogens with one attached hydrogen (secondary N) is 1. The highest BCUT2D eigenvalue weighted by molar-refractivity contribution is 5.76. The maximum Gasteiger partial charge on any atom is 0.220 e. The standard InChI is InChI=1S/C16H24N2O/c17-11-5-10-16(19)18-15-9-4-8-14(15)12-13-6-2-1-3-7-13/h1-3,6-7,14-15H,4-5,8-12,17H2,(H,18,19). The highest BCUT2D eigenvalue weighted by Gasteiger charge is 2.28. The van der Waals surface area contributed by atoms with Crippen molar-refractivity contribution in [3.05, 3.63) is 35.9 Å². The molecule has 1 aromatic carbocycles. The number of benzene rings is 1. The van der Waals surface area contributed by atoms with Gasteiger partial charge < -0.3 is 11.1 Å². The first-order valence-electron chi connectivity index (χ1n) is 7.33. The van der Waals surface area contributed by atoms with E-state index in [0.717, 1.165) is 19.3 Å². The lowest BCUT2D eigenvalue weighted by Crippen LogP contribution is -2.38. The van der Waals surface area contributed by atoms with E-state index in [1.165, 1.54) is 18.4 Å². The monoisotopic (exact) mass is 260 g/mol. The fourth-order valence-electron chi connectivity index (χ4n) is 2.93. The summed E-state index contributed by atoms with van der Waals surface area (Å²) < 4.78 is 0. The summed E-state index contributed by atoms with van der Waals surface area (Å²) >= 11 is 0. The fraction of sp³-hybridized carbons (Fsp3) is 0.562. The Morgan fingerprint density at radius 2 is 2.05 bits per heavy atom. The Hall–Kier alpha value is -1.35. The van der Waals surface area contributed by atoms with Gasteiger partial charge in [0.05, 0.1) is 0 Å². The summed E-state index contributed by atoms with van der Waals surface area (Å²) in [5.74, 6) is 0.750. The molecule has 0 aromatic heterocycles. The molecule has 1 amide bonds. The quantitative estimate of drug-likeness (QED) is 0.824. The molecule has 19 heavy (non-hydrogen) atoms. The van der Waals surface area contributed by atoms with Crippen molar-refractivity contribution in [2.24, 2.45) is 11.7 Å². The third-order valence-electron chi connectivity index (χ3n) is 3.95. The number of rotatable bonds is 6. The highest BCUT2D eigenvalue weighted by Crippen LogP contribution is 2.28. The Balaban J connectivity index is 1.85. The Bertz CT molecular complexity index is 391. The van der Waals surface area contributed by atoms with Gasteiger partial charge in [0.15, 0.2) is 0 Å².